The second kappa shape index (κ2) is 10.9. The number of unbranched alkanes of at least 4 members (excludes halogenated alkanes) is 1. The average Bonchev–Trinajstić information content (AvgIpc) is 2.61. The Morgan fingerprint density at radius 3 is 2.12 bits per heavy atom. The van der Waals surface area contributed by atoms with Gasteiger partial charge in [-0.2, -0.15) is 0 Å². The number of aliphatic carboxylic acids is 1. The van der Waals surface area contributed by atoms with Crippen molar-refractivity contribution in [3.05, 3.63) is 60.7 Å². The fraction of sp³-hybridized carbons (Fsp3) is 0.263. The van der Waals surface area contributed by atoms with Gasteiger partial charge in [-0.1, -0.05) is 56.2 Å². The van der Waals surface area contributed by atoms with Gasteiger partial charge >= 0.3 is 29.6 Å². The normalized spacial score (nSPS) is 11.1. The van der Waals surface area contributed by atoms with Crippen LogP contribution in [0, 0.1) is 5.92 Å². The van der Waals surface area contributed by atoms with Crippen LogP contribution in [0.15, 0.2) is 60.7 Å². The third-order valence-corrected chi connectivity index (χ3v) is 3.68. The van der Waals surface area contributed by atoms with Gasteiger partial charge in [-0.3, -0.25) is 10.2 Å². The summed E-state index contributed by atoms with van der Waals surface area (Å²) >= 11 is 0. The number of carbonyl (C=O) groups is 2. The third kappa shape index (κ3) is 6.20. The van der Waals surface area contributed by atoms with Crippen LogP contribution in [0.4, 0.5) is 11.4 Å². The number of amides is 1. The first-order valence-corrected chi connectivity index (χ1v) is 8.05. The van der Waals surface area contributed by atoms with Gasteiger partial charge in [0.1, 0.15) is 0 Å². The molecule has 126 valence electrons. The number of hydrogen-bond acceptors (Lipinski definition) is 4. The molecule has 25 heavy (non-hydrogen) atoms. The number of hydrazine groups is 1. The van der Waals surface area contributed by atoms with Crippen LogP contribution >= 0.6 is 0 Å². The molecule has 1 amide bonds. The predicted molar refractivity (Wildman–Crippen MR) is 92.0 cm³/mol. The molecule has 0 fully saturated rings. The molecule has 1 N–H and O–H groups in total. The molecule has 1 atom stereocenters. The zero-order chi connectivity index (χ0) is 17.4. The number of anilines is 2. The largest absolute Gasteiger partial charge is 1.00 e. The SMILES string of the molecule is CCCC[C@H](C(=O)[O-])C(=O)N(Nc1ccccc1)c1ccccc1.[Na+]. The van der Waals surface area contributed by atoms with Crippen LogP contribution in [0.5, 0.6) is 0 Å². The van der Waals surface area contributed by atoms with Crippen molar-refractivity contribution in [2.45, 2.75) is 26.2 Å². The minimum absolute atomic E-state index is 0. The Balaban J connectivity index is 0.00000312. The van der Waals surface area contributed by atoms with E-state index in [1.165, 1.54) is 5.01 Å². The molecule has 0 aliphatic rings. The third-order valence-electron chi connectivity index (χ3n) is 3.68. The van der Waals surface area contributed by atoms with Gasteiger partial charge < -0.3 is 9.90 Å². The molecule has 0 spiro atoms. The minimum atomic E-state index is -1.34. The van der Waals surface area contributed by atoms with Crippen LogP contribution in [0.2, 0.25) is 0 Å². The van der Waals surface area contributed by atoms with Gasteiger partial charge in [0.25, 0.3) is 5.91 Å². The zero-order valence-electron chi connectivity index (χ0n) is 14.6. The van der Waals surface area contributed by atoms with Crippen molar-refractivity contribution < 1.29 is 44.3 Å². The average molecular weight is 348 g/mol. The summed E-state index contributed by atoms with van der Waals surface area (Å²) in [5.74, 6) is -3.05. The van der Waals surface area contributed by atoms with Crippen LogP contribution in [0.25, 0.3) is 0 Å². The topological polar surface area (TPSA) is 72.5 Å². The molecule has 0 aromatic heterocycles. The number of carbonyl (C=O) groups excluding carboxylic acids is 2. The van der Waals surface area contributed by atoms with Crippen molar-refractivity contribution in [2.75, 3.05) is 10.4 Å². The molecule has 2 aromatic carbocycles. The first-order valence-electron chi connectivity index (χ1n) is 8.05. The van der Waals surface area contributed by atoms with E-state index in [0.717, 1.165) is 6.42 Å². The van der Waals surface area contributed by atoms with Gasteiger partial charge in [-0.25, -0.2) is 5.01 Å². The Kier molecular flexibility index (Phi) is 9.27. The smallest absolute Gasteiger partial charge is 0.549 e. The maximum Gasteiger partial charge on any atom is 1.00 e. The molecular formula is C19H21N2NaO3. The zero-order valence-corrected chi connectivity index (χ0v) is 16.6. The van der Waals surface area contributed by atoms with E-state index in [0.29, 0.717) is 17.8 Å². The number of para-hydroxylation sites is 2. The molecule has 0 bridgehead atoms. The summed E-state index contributed by atoms with van der Waals surface area (Å²) in [5.41, 5.74) is 4.27. The Labute approximate surface area is 170 Å². The quantitative estimate of drug-likeness (QED) is 0.401. The van der Waals surface area contributed by atoms with Crippen LogP contribution in [-0.4, -0.2) is 11.9 Å². The second-order valence-corrected chi connectivity index (χ2v) is 5.50. The van der Waals surface area contributed by atoms with E-state index >= 15 is 0 Å². The van der Waals surface area contributed by atoms with E-state index in [4.69, 9.17) is 0 Å². The summed E-state index contributed by atoms with van der Waals surface area (Å²) in [6.45, 7) is 1.95. The molecule has 0 saturated carbocycles. The Morgan fingerprint density at radius 2 is 1.60 bits per heavy atom. The number of benzene rings is 2. The van der Waals surface area contributed by atoms with E-state index in [-0.39, 0.29) is 36.0 Å². The first-order chi connectivity index (χ1) is 11.6. The number of nitrogens with one attached hydrogen (secondary N) is 1. The molecule has 0 aliphatic heterocycles. The number of rotatable bonds is 8. The van der Waals surface area contributed by atoms with Gasteiger partial charge in [0.15, 0.2) is 0 Å². The Morgan fingerprint density at radius 1 is 1.04 bits per heavy atom. The second-order valence-electron chi connectivity index (χ2n) is 5.50. The van der Waals surface area contributed by atoms with Crippen LogP contribution in [-0.2, 0) is 9.59 Å². The van der Waals surface area contributed by atoms with Crippen molar-refractivity contribution in [1.82, 2.24) is 0 Å². The summed E-state index contributed by atoms with van der Waals surface area (Å²) < 4.78 is 0. The number of hydrogen-bond donors (Lipinski definition) is 1. The van der Waals surface area contributed by atoms with Gasteiger partial charge in [0.2, 0.25) is 0 Å². The van der Waals surface area contributed by atoms with Crippen molar-refractivity contribution in [3.8, 4) is 0 Å². The maximum absolute atomic E-state index is 12.8. The first kappa shape index (κ1) is 21.2. The number of carboxylic acid groups (broad SMARTS) is 1. The van der Waals surface area contributed by atoms with Crippen LogP contribution < -0.4 is 45.1 Å². The maximum atomic E-state index is 12.8. The minimum Gasteiger partial charge on any atom is -0.549 e. The molecule has 0 heterocycles. The molecule has 2 rings (SSSR count). The van der Waals surface area contributed by atoms with Crippen molar-refractivity contribution >= 4 is 23.3 Å². The van der Waals surface area contributed by atoms with E-state index in [9.17, 15) is 14.7 Å². The van der Waals surface area contributed by atoms with Gasteiger partial charge in [-0.05, 0) is 30.7 Å². The van der Waals surface area contributed by atoms with Crippen molar-refractivity contribution in [3.63, 3.8) is 0 Å². The molecule has 0 unspecified atom stereocenters. The van der Waals surface area contributed by atoms with Crippen molar-refractivity contribution in [1.29, 1.82) is 0 Å². The summed E-state index contributed by atoms with van der Waals surface area (Å²) in [7, 11) is 0. The van der Waals surface area contributed by atoms with Crippen molar-refractivity contribution in [2.24, 2.45) is 5.92 Å². The van der Waals surface area contributed by atoms with Gasteiger partial charge in [-0.15, -0.1) is 0 Å². The summed E-state index contributed by atoms with van der Waals surface area (Å²) in [6, 6.07) is 18.1. The standard InChI is InChI=1S/C19H22N2O3.Na/c1-2-3-14-17(19(23)24)18(22)21(16-12-8-5-9-13-16)20-15-10-6-4-7-11-15;/h4-13,17,20H,2-3,14H2,1H3,(H,23,24);/q;+1/p-1/t17-;/m0./s1. The van der Waals surface area contributed by atoms with Gasteiger partial charge in [0.05, 0.1) is 23.3 Å². The molecule has 5 nitrogen and oxygen atoms in total. The van der Waals surface area contributed by atoms with Crippen LogP contribution in [0.3, 0.4) is 0 Å². The summed E-state index contributed by atoms with van der Waals surface area (Å²) in [5, 5.41) is 12.7. The van der Waals surface area contributed by atoms with E-state index in [1.807, 2.05) is 43.3 Å². The monoisotopic (exact) mass is 348 g/mol. The predicted octanol–water partition coefficient (Wildman–Crippen LogP) is -0.393. The van der Waals surface area contributed by atoms with E-state index in [2.05, 4.69) is 5.43 Å². The molecule has 0 saturated heterocycles. The summed E-state index contributed by atoms with van der Waals surface area (Å²) in [4.78, 5) is 24.3. The summed E-state index contributed by atoms with van der Waals surface area (Å²) in [6.07, 6.45) is 1.73. The number of nitrogens with zero attached hydrogens (tertiary/aromatic N) is 1. The number of carboxylic acids is 1. The fourth-order valence-electron chi connectivity index (χ4n) is 2.37. The van der Waals surface area contributed by atoms with E-state index in [1.54, 1.807) is 24.3 Å². The fourth-order valence-corrected chi connectivity index (χ4v) is 2.37. The van der Waals surface area contributed by atoms with Gasteiger partial charge in [0, 0.05) is 0 Å². The van der Waals surface area contributed by atoms with E-state index < -0.39 is 17.8 Å². The Hall–Kier alpha value is -1.82. The Bertz CT molecular complexity index is 665. The molecule has 0 radical (unpaired) electrons. The van der Waals surface area contributed by atoms with Crippen LogP contribution in [0.1, 0.15) is 26.2 Å². The molecule has 2 aromatic rings. The molecule has 0 aliphatic carbocycles. The molecular weight excluding hydrogens is 327 g/mol. The molecule has 6 heteroatoms.